The summed E-state index contributed by atoms with van der Waals surface area (Å²) >= 11 is 0. The Morgan fingerprint density at radius 2 is 1.91 bits per heavy atom. The minimum absolute atomic E-state index is 0.0708. The Bertz CT molecular complexity index is 537. The Morgan fingerprint density at radius 1 is 1.22 bits per heavy atom. The molecule has 0 aromatic heterocycles. The first-order valence-corrected chi connectivity index (χ1v) is 7.77. The zero-order valence-electron chi connectivity index (χ0n) is 13.8. The van der Waals surface area contributed by atoms with E-state index in [9.17, 15) is 9.59 Å². The van der Waals surface area contributed by atoms with E-state index in [1.165, 1.54) is 12.7 Å². The predicted octanol–water partition coefficient (Wildman–Crippen LogP) is 3.14. The van der Waals surface area contributed by atoms with Gasteiger partial charge in [-0.15, -0.1) is 6.58 Å². The van der Waals surface area contributed by atoms with E-state index < -0.39 is 5.97 Å². The Labute approximate surface area is 138 Å². The molecule has 0 radical (unpaired) electrons. The van der Waals surface area contributed by atoms with Gasteiger partial charge in [-0.1, -0.05) is 43.0 Å². The quantitative estimate of drug-likeness (QED) is 0.378. The molecule has 0 aliphatic rings. The lowest BCUT2D eigenvalue weighted by Gasteiger charge is -2.23. The maximum atomic E-state index is 12.4. The van der Waals surface area contributed by atoms with Crippen molar-refractivity contribution in [2.24, 2.45) is 0 Å². The fraction of sp³-hybridized carbons (Fsp3) is 0.368. The van der Waals surface area contributed by atoms with Crippen molar-refractivity contribution in [2.45, 2.75) is 25.7 Å². The summed E-state index contributed by atoms with van der Waals surface area (Å²) in [4.78, 5) is 25.5. The summed E-state index contributed by atoms with van der Waals surface area (Å²) in [6.07, 6.45) is 4.18. The van der Waals surface area contributed by atoms with Crippen LogP contribution in [0.3, 0.4) is 0 Å². The first-order valence-electron chi connectivity index (χ1n) is 7.77. The summed E-state index contributed by atoms with van der Waals surface area (Å²) in [6, 6.07) is 10.2. The number of carbonyl (C=O) groups is 2. The summed E-state index contributed by atoms with van der Waals surface area (Å²) in [7, 11) is 1.30. The van der Waals surface area contributed by atoms with Crippen LogP contribution in [-0.4, -0.2) is 37.0 Å². The van der Waals surface area contributed by atoms with Gasteiger partial charge in [0.1, 0.15) is 0 Å². The summed E-state index contributed by atoms with van der Waals surface area (Å²) in [5.41, 5.74) is 1.51. The zero-order valence-corrected chi connectivity index (χ0v) is 13.8. The van der Waals surface area contributed by atoms with E-state index in [2.05, 4.69) is 30.0 Å². The maximum absolute atomic E-state index is 12.4. The van der Waals surface area contributed by atoms with Gasteiger partial charge >= 0.3 is 5.97 Å². The van der Waals surface area contributed by atoms with Gasteiger partial charge in [-0.25, -0.2) is 0 Å². The van der Waals surface area contributed by atoms with Gasteiger partial charge in [0.05, 0.1) is 13.5 Å². The molecule has 1 aromatic rings. The summed E-state index contributed by atoms with van der Waals surface area (Å²) in [6.45, 7) is 8.62. The number of hydrogen-bond acceptors (Lipinski definition) is 3. The number of benzene rings is 1. The predicted molar refractivity (Wildman–Crippen MR) is 91.9 cm³/mol. The average molecular weight is 315 g/mol. The van der Waals surface area contributed by atoms with Crippen molar-refractivity contribution >= 4 is 11.9 Å². The van der Waals surface area contributed by atoms with Crippen LogP contribution in [-0.2, 0) is 20.7 Å². The van der Waals surface area contributed by atoms with Crippen LogP contribution in [0.2, 0.25) is 0 Å². The van der Waals surface area contributed by atoms with E-state index in [0.717, 1.165) is 12.8 Å². The van der Waals surface area contributed by atoms with Gasteiger partial charge in [-0.3, -0.25) is 9.59 Å². The highest BCUT2D eigenvalue weighted by Gasteiger charge is 2.18. The number of methoxy groups -OCH3 is 1. The molecular formula is C19H25NO3. The van der Waals surface area contributed by atoms with E-state index in [1.54, 1.807) is 11.0 Å². The smallest absolute Gasteiger partial charge is 0.310 e. The molecule has 0 saturated carbocycles. The molecule has 0 aliphatic carbocycles. The number of aryl methyl sites for hydroxylation is 1. The second-order valence-corrected chi connectivity index (χ2v) is 5.32. The Balaban J connectivity index is 2.56. The van der Waals surface area contributed by atoms with Crippen LogP contribution in [0.1, 0.15) is 24.8 Å². The molecule has 1 rings (SSSR count). The molecule has 124 valence electrons. The topological polar surface area (TPSA) is 46.6 Å². The largest absolute Gasteiger partial charge is 0.469 e. The van der Waals surface area contributed by atoms with Gasteiger partial charge in [-0.2, -0.15) is 0 Å². The summed E-state index contributed by atoms with van der Waals surface area (Å²) < 4.78 is 4.58. The second-order valence-electron chi connectivity index (χ2n) is 5.32. The fourth-order valence-corrected chi connectivity index (χ4v) is 2.23. The van der Waals surface area contributed by atoms with E-state index in [-0.39, 0.29) is 17.9 Å². The van der Waals surface area contributed by atoms with Crippen LogP contribution >= 0.6 is 0 Å². The molecule has 0 fully saturated rings. The lowest BCUT2D eigenvalue weighted by Crippen LogP contribution is -2.34. The first-order chi connectivity index (χ1) is 11.1. The molecule has 0 heterocycles. The number of rotatable bonds is 10. The highest BCUT2D eigenvalue weighted by Crippen LogP contribution is 2.09. The monoisotopic (exact) mass is 315 g/mol. The Hall–Kier alpha value is -2.36. The van der Waals surface area contributed by atoms with Gasteiger partial charge in [0.2, 0.25) is 5.91 Å². The lowest BCUT2D eigenvalue weighted by atomic mass is 10.1. The first kappa shape index (κ1) is 18.7. The van der Waals surface area contributed by atoms with E-state index in [1.807, 2.05) is 18.2 Å². The number of esters is 1. The van der Waals surface area contributed by atoms with E-state index in [4.69, 9.17) is 0 Å². The second kappa shape index (κ2) is 10.4. The molecule has 0 saturated heterocycles. The van der Waals surface area contributed by atoms with Gasteiger partial charge < -0.3 is 9.64 Å². The molecule has 0 bridgehead atoms. The van der Waals surface area contributed by atoms with E-state index >= 15 is 0 Å². The molecule has 1 aromatic carbocycles. The van der Waals surface area contributed by atoms with Crippen molar-refractivity contribution in [1.82, 2.24) is 4.90 Å². The highest BCUT2D eigenvalue weighted by atomic mass is 16.5. The van der Waals surface area contributed by atoms with Crippen LogP contribution in [0.25, 0.3) is 0 Å². The molecule has 1 amide bonds. The molecule has 4 nitrogen and oxygen atoms in total. The SMILES string of the molecule is C=CCCN(CCCc1ccccc1)C(=O)C(=C)CC(=O)OC. The summed E-state index contributed by atoms with van der Waals surface area (Å²) in [5.74, 6) is -0.637. The highest BCUT2D eigenvalue weighted by molar-refractivity contribution is 5.97. The van der Waals surface area contributed by atoms with Gasteiger partial charge in [-0.05, 0) is 24.8 Å². The standard InChI is InChI=1S/C19H25NO3/c1-4-5-13-20(19(22)16(2)15-18(21)23-3)14-9-12-17-10-7-6-8-11-17/h4,6-8,10-11H,1-2,5,9,12-15H2,3H3. The van der Waals surface area contributed by atoms with Crippen LogP contribution in [0.5, 0.6) is 0 Å². The van der Waals surface area contributed by atoms with E-state index in [0.29, 0.717) is 19.5 Å². The molecule has 0 unspecified atom stereocenters. The van der Waals surface area contributed by atoms with Gasteiger partial charge in [0.15, 0.2) is 0 Å². The normalized spacial score (nSPS) is 9.96. The zero-order chi connectivity index (χ0) is 17.1. The number of ether oxygens (including phenoxy) is 1. The molecule has 0 atom stereocenters. The molecule has 0 spiro atoms. The third-order valence-electron chi connectivity index (χ3n) is 3.51. The maximum Gasteiger partial charge on any atom is 0.310 e. The number of carbonyl (C=O) groups excluding carboxylic acids is 2. The fourth-order valence-electron chi connectivity index (χ4n) is 2.23. The lowest BCUT2D eigenvalue weighted by molar-refractivity contribution is -0.141. The molecular weight excluding hydrogens is 290 g/mol. The van der Waals surface area contributed by atoms with Crippen molar-refractivity contribution < 1.29 is 14.3 Å². The molecule has 0 aliphatic heterocycles. The van der Waals surface area contributed by atoms with Crippen molar-refractivity contribution in [3.63, 3.8) is 0 Å². The molecule has 4 heteroatoms. The number of nitrogens with zero attached hydrogens (tertiary/aromatic N) is 1. The van der Waals surface area contributed by atoms with Crippen molar-refractivity contribution in [2.75, 3.05) is 20.2 Å². The van der Waals surface area contributed by atoms with Gasteiger partial charge in [0, 0.05) is 18.7 Å². The minimum Gasteiger partial charge on any atom is -0.469 e. The van der Waals surface area contributed by atoms with Gasteiger partial charge in [0.25, 0.3) is 0 Å². The van der Waals surface area contributed by atoms with Crippen LogP contribution in [0, 0.1) is 0 Å². The Morgan fingerprint density at radius 3 is 2.52 bits per heavy atom. The average Bonchev–Trinajstić information content (AvgIpc) is 2.58. The van der Waals surface area contributed by atoms with Crippen LogP contribution < -0.4 is 0 Å². The van der Waals surface area contributed by atoms with Crippen molar-refractivity contribution in [3.8, 4) is 0 Å². The third-order valence-corrected chi connectivity index (χ3v) is 3.51. The minimum atomic E-state index is -0.448. The summed E-state index contributed by atoms with van der Waals surface area (Å²) in [5, 5.41) is 0. The number of hydrogen-bond donors (Lipinski definition) is 0. The Kier molecular flexibility index (Phi) is 8.43. The van der Waals surface area contributed by atoms with Crippen molar-refractivity contribution in [3.05, 3.63) is 60.7 Å². The number of amides is 1. The van der Waals surface area contributed by atoms with Crippen LogP contribution in [0.4, 0.5) is 0 Å². The molecule has 23 heavy (non-hydrogen) atoms. The third kappa shape index (κ3) is 6.96. The molecule has 0 N–H and O–H groups in total. The van der Waals surface area contributed by atoms with Crippen LogP contribution in [0.15, 0.2) is 55.1 Å². The van der Waals surface area contributed by atoms with Crippen molar-refractivity contribution in [1.29, 1.82) is 0 Å².